The molecule has 6 heteroatoms. The van der Waals surface area contributed by atoms with E-state index in [4.69, 9.17) is 4.74 Å². The van der Waals surface area contributed by atoms with Crippen LogP contribution in [0.25, 0.3) is 11.0 Å². The lowest BCUT2D eigenvalue weighted by Crippen LogP contribution is -2.31. The lowest BCUT2D eigenvalue weighted by Gasteiger charge is -2.19. The summed E-state index contributed by atoms with van der Waals surface area (Å²) in [5.74, 6) is 1.18. The van der Waals surface area contributed by atoms with Gasteiger partial charge in [-0.05, 0) is 32.8 Å². The number of aryl methyl sites for hydroxylation is 3. The molecule has 6 nitrogen and oxygen atoms in total. The molecule has 0 saturated carbocycles. The number of carbonyl (C=O) groups excluding carboxylic acids is 1. The largest absolute Gasteiger partial charge is 0.374 e. The number of ether oxygens (including phenoxy) is 1. The number of hydrogen-bond donors (Lipinski definition) is 0. The maximum Gasteiger partial charge on any atom is 0.254 e. The lowest BCUT2D eigenvalue weighted by molar-refractivity contribution is 0.0595. The van der Waals surface area contributed by atoms with Crippen LogP contribution in [0.1, 0.15) is 34.6 Å². The predicted octanol–water partition coefficient (Wildman–Crippen LogP) is 1.83. The van der Waals surface area contributed by atoms with Gasteiger partial charge in [0.15, 0.2) is 5.65 Å². The summed E-state index contributed by atoms with van der Waals surface area (Å²) < 4.78 is 7.79. The van der Waals surface area contributed by atoms with E-state index in [9.17, 15) is 4.79 Å². The van der Waals surface area contributed by atoms with Gasteiger partial charge in [-0.1, -0.05) is 0 Å². The van der Waals surface area contributed by atoms with Gasteiger partial charge >= 0.3 is 0 Å². The van der Waals surface area contributed by atoms with E-state index in [-0.39, 0.29) is 5.91 Å². The molecule has 24 heavy (non-hydrogen) atoms. The van der Waals surface area contributed by atoms with Crippen molar-refractivity contribution in [3.05, 3.63) is 23.0 Å². The van der Waals surface area contributed by atoms with E-state index < -0.39 is 0 Å². The van der Waals surface area contributed by atoms with Crippen LogP contribution >= 0.6 is 0 Å². The Morgan fingerprint density at radius 3 is 2.54 bits per heavy atom. The molecule has 1 amide bonds. The van der Waals surface area contributed by atoms with Gasteiger partial charge in [0, 0.05) is 37.7 Å². The third-order valence-corrected chi connectivity index (χ3v) is 6.07. The zero-order valence-corrected chi connectivity index (χ0v) is 14.3. The normalized spacial score (nSPS) is 31.2. The second kappa shape index (κ2) is 4.79. The average molecular weight is 326 g/mol. The minimum absolute atomic E-state index is 0.121. The Kier molecular flexibility index (Phi) is 2.87. The quantitative estimate of drug-likeness (QED) is 0.802. The summed E-state index contributed by atoms with van der Waals surface area (Å²) in [5.41, 5.74) is 3.26. The fourth-order valence-electron chi connectivity index (χ4n) is 5.03. The zero-order valence-electron chi connectivity index (χ0n) is 14.3. The topological polar surface area (TPSA) is 60.3 Å². The number of aromatic nitrogens is 3. The van der Waals surface area contributed by atoms with E-state index in [2.05, 4.69) is 10.1 Å². The molecule has 126 valence electrons. The molecule has 0 unspecified atom stereocenters. The van der Waals surface area contributed by atoms with E-state index in [1.807, 2.05) is 31.9 Å². The van der Waals surface area contributed by atoms with Gasteiger partial charge in [-0.15, -0.1) is 0 Å². The van der Waals surface area contributed by atoms with Gasteiger partial charge in [0.1, 0.15) is 0 Å². The van der Waals surface area contributed by atoms with Crippen molar-refractivity contribution in [3.63, 3.8) is 0 Å². The van der Waals surface area contributed by atoms with Crippen LogP contribution in [0.15, 0.2) is 6.07 Å². The summed E-state index contributed by atoms with van der Waals surface area (Å²) in [6.45, 7) is 5.54. The molecular weight excluding hydrogens is 304 g/mol. The minimum Gasteiger partial charge on any atom is -0.374 e. The van der Waals surface area contributed by atoms with Crippen molar-refractivity contribution >= 4 is 16.9 Å². The van der Waals surface area contributed by atoms with Gasteiger partial charge in [0.2, 0.25) is 0 Å². The highest BCUT2D eigenvalue weighted by atomic mass is 16.5. The summed E-state index contributed by atoms with van der Waals surface area (Å²) in [7, 11) is 1.88. The smallest absolute Gasteiger partial charge is 0.254 e. The van der Waals surface area contributed by atoms with E-state index in [1.54, 1.807) is 4.68 Å². The number of fused-ring (bicyclic) bond motifs is 6. The number of rotatable bonds is 1. The molecular formula is C18H22N4O2. The predicted molar refractivity (Wildman–Crippen MR) is 88.8 cm³/mol. The van der Waals surface area contributed by atoms with Gasteiger partial charge in [0.05, 0.1) is 28.9 Å². The van der Waals surface area contributed by atoms with Crippen LogP contribution in [-0.4, -0.2) is 50.9 Å². The molecule has 0 spiro atoms. The maximum atomic E-state index is 13.3. The fourth-order valence-corrected chi connectivity index (χ4v) is 5.03. The molecule has 0 aromatic carbocycles. The van der Waals surface area contributed by atoms with Crippen LogP contribution in [0.2, 0.25) is 0 Å². The van der Waals surface area contributed by atoms with Crippen molar-refractivity contribution in [1.82, 2.24) is 19.7 Å². The Balaban J connectivity index is 1.53. The number of nitrogens with zero attached hydrogens (tertiary/aromatic N) is 4. The Labute approximate surface area is 140 Å². The Bertz CT molecular complexity index is 840. The summed E-state index contributed by atoms with van der Waals surface area (Å²) in [6.07, 6.45) is 3.07. The highest BCUT2D eigenvalue weighted by Crippen LogP contribution is 2.47. The maximum absolute atomic E-state index is 13.3. The molecule has 5 rings (SSSR count). The molecule has 2 bridgehead atoms. The number of pyridine rings is 1. The Morgan fingerprint density at radius 1 is 1.21 bits per heavy atom. The van der Waals surface area contributed by atoms with Crippen LogP contribution < -0.4 is 0 Å². The SMILES string of the molecule is Cc1cc(C(=O)N2C[C@@H]3[C@H](C2)[C@H]2CC[C@@H]3O2)c2c(C)nn(C)c2n1. The van der Waals surface area contributed by atoms with Crippen molar-refractivity contribution in [1.29, 1.82) is 0 Å². The second-order valence-corrected chi connectivity index (χ2v) is 7.55. The van der Waals surface area contributed by atoms with Crippen LogP contribution in [-0.2, 0) is 11.8 Å². The van der Waals surface area contributed by atoms with Crippen LogP contribution in [0.3, 0.4) is 0 Å². The van der Waals surface area contributed by atoms with Crippen molar-refractivity contribution in [3.8, 4) is 0 Å². The van der Waals surface area contributed by atoms with Crippen molar-refractivity contribution < 1.29 is 9.53 Å². The summed E-state index contributed by atoms with van der Waals surface area (Å²) >= 11 is 0. The second-order valence-electron chi connectivity index (χ2n) is 7.55. The third kappa shape index (κ3) is 1.83. The van der Waals surface area contributed by atoms with Crippen LogP contribution in [0.5, 0.6) is 0 Å². The van der Waals surface area contributed by atoms with Gasteiger partial charge < -0.3 is 9.64 Å². The molecule has 3 saturated heterocycles. The molecule has 3 aliphatic heterocycles. The molecule has 0 radical (unpaired) electrons. The molecule has 3 fully saturated rings. The van der Waals surface area contributed by atoms with Gasteiger partial charge in [-0.3, -0.25) is 9.48 Å². The molecule has 4 atom stereocenters. The first-order chi connectivity index (χ1) is 11.5. The van der Waals surface area contributed by atoms with Gasteiger partial charge in [0.25, 0.3) is 5.91 Å². The van der Waals surface area contributed by atoms with E-state index in [0.717, 1.165) is 53.9 Å². The lowest BCUT2D eigenvalue weighted by atomic mass is 9.82. The highest BCUT2D eigenvalue weighted by Gasteiger charge is 2.53. The molecule has 0 N–H and O–H groups in total. The standard InChI is InChI=1S/C18H22N4O2/c1-9-6-11(16-10(2)20-21(3)17(16)19-9)18(23)22-7-12-13(8-22)15-5-4-14(12)24-15/h6,12-15H,4-5,7-8H2,1-3H3/t12-,13+,14+,15-. The summed E-state index contributed by atoms with van der Waals surface area (Å²) in [5, 5.41) is 5.35. The van der Waals surface area contributed by atoms with Crippen LogP contribution in [0, 0.1) is 25.7 Å². The van der Waals surface area contributed by atoms with Crippen molar-refractivity contribution in [2.75, 3.05) is 13.1 Å². The molecule has 2 aromatic heterocycles. The van der Waals surface area contributed by atoms with E-state index >= 15 is 0 Å². The van der Waals surface area contributed by atoms with Crippen molar-refractivity contribution in [2.24, 2.45) is 18.9 Å². The molecule has 5 heterocycles. The van der Waals surface area contributed by atoms with E-state index in [1.165, 1.54) is 0 Å². The molecule has 2 aromatic rings. The number of hydrogen-bond acceptors (Lipinski definition) is 4. The van der Waals surface area contributed by atoms with Gasteiger partial charge in [-0.2, -0.15) is 5.10 Å². The Hall–Kier alpha value is -1.95. The summed E-state index contributed by atoms with van der Waals surface area (Å²) in [4.78, 5) is 19.9. The molecule has 0 aliphatic carbocycles. The first-order valence-electron chi connectivity index (χ1n) is 8.78. The van der Waals surface area contributed by atoms with Crippen LogP contribution in [0.4, 0.5) is 0 Å². The zero-order chi connectivity index (χ0) is 16.6. The highest BCUT2D eigenvalue weighted by molar-refractivity contribution is 6.06. The van der Waals surface area contributed by atoms with Crippen molar-refractivity contribution in [2.45, 2.75) is 38.9 Å². The third-order valence-electron chi connectivity index (χ3n) is 6.07. The first-order valence-corrected chi connectivity index (χ1v) is 8.78. The first kappa shape index (κ1) is 14.4. The number of likely N-dealkylation sites (tertiary alicyclic amines) is 1. The fraction of sp³-hybridized carbons (Fsp3) is 0.611. The monoisotopic (exact) mass is 326 g/mol. The Morgan fingerprint density at radius 2 is 1.88 bits per heavy atom. The molecule has 3 aliphatic rings. The minimum atomic E-state index is 0.121. The number of carbonyl (C=O) groups is 1. The van der Waals surface area contributed by atoms with E-state index in [0.29, 0.717) is 24.0 Å². The van der Waals surface area contributed by atoms with Gasteiger partial charge in [-0.25, -0.2) is 4.98 Å². The number of amides is 1. The average Bonchev–Trinajstić information content (AvgIpc) is 3.28. The summed E-state index contributed by atoms with van der Waals surface area (Å²) in [6, 6.07) is 1.92.